The number of aliphatic hydroxyl groups excluding tert-OH is 1. The van der Waals surface area contributed by atoms with Crippen LogP contribution in [0, 0.1) is 5.41 Å². The molecule has 8 heteroatoms. The third-order valence-corrected chi connectivity index (χ3v) is 9.08. The number of fused-ring (bicyclic) bond motifs is 1. The number of amides is 1. The maximum absolute atomic E-state index is 13.8. The average molecular weight is 479 g/mol. The molecule has 2 aliphatic rings. The first-order chi connectivity index (χ1) is 13.6. The Kier molecular flexibility index (Phi) is 4.70. The Balaban J connectivity index is 1.82. The third-order valence-electron chi connectivity index (χ3n) is 6.03. The van der Waals surface area contributed by atoms with E-state index in [1.165, 1.54) is 10.9 Å². The molecule has 4 rings (SSSR count). The lowest BCUT2D eigenvalue weighted by molar-refractivity contribution is -0.125. The predicted octanol–water partition coefficient (Wildman–Crippen LogP) is 4.12. The van der Waals surface area contributed by atoms with E-state index in [9.17, 15) is 18.3 Å². The Bertz CT molecular complexity index is 1170. The number of nitrogens with zero attached hydrogens (tertiary/aromatic N) is 1. The number of allylic oxidation sites excluding steroid dienone is 3. The molecule has 2 N–H and O–H groups in total. The molecule has 1 aromatic carbocycles. The third kappa shape index (κ3) is 3.13. The molecule has 1 saturated carbocycles. The largest absolute Gasteiger partial charge is 0.509 e. The summed E-state index contributed by atoms with van der Waals surface area (Å²) in [6.45, 7) is 3.52. The Morgan fingerprint density at radius 2 is 1.97 bits per heavy atom. The van der Waals surface area contributed by atoms with Crippen LogP contribution in [0.4, 0.5) is 0 Å². The van der Waals surface area contributed by atoms with Gasteiger partial charge in [-0.25, -0.2) is 12.4 Å². The molecule has 1 fully saturated rings. The number of carbonyl (C=O) groups excluding carboxylic acids is 1. The lowest BCUT2D eigenvalue weighted by Crippen LogP contribution is -2.43. The van der Waals surface area contributed by atoms with Gasteiger partial charge in [-0.05, 0) is 60.3 Å². The van der Waals surface area contributed by atoms with Crippen molar-refractivity contribution < 1.29 is 18.3 Å². The normalized spacial score (nSPS) is 23.4. The van der Waals surface area contributed by atoms with Crippen molar-refractivity contribution in [3.8, 4) is 0 Å². The molecule has 0 saturated heterocycles. The molecule has 1 heterocycles. The second-order valence-electron chi connectivity index (χ2n) is 8.24. The molecule has 29 heavy (non-hydrogen) atoms. The number of rotatable bonds is 5. The molecule has 1 aromatic heterocycles. The number of carbonyl (C=O) groups is 1. The summed E-state index contributed by atoms with van der Waals surface area (Å²) < 4.78 is 27.7. The first-order valence-electron chi connectivity index (χ1n) is 9.49. The SMILES string of the molecule is CC1(C(=O)NCc2cc3ccccc3n2S(=O)(=O)C2(C)CC=CC(Br)=C2O)CC1. The minimum Gasteiger partial charge on any atom is -0.509 e. The number of aliphatic hydroxyl groups is 1. The summed E-state index contributed by atoms with van der Waals surface area (Å²) in [7, 11) is -4.05. The zero-order valence-corrected chi connectivity index (χ0v) is 18.7. The smallest absolute Gasteiger partial charge is 0.252 e. The van der Waals surface area contributed by atoms with E-state index in [2.05, 4.69) is 21.2 Å². The molecule has 1 unspecified atom stereocenters. The van der Waals surface area contributed by atoms with Gasteiger partial charge in [-0.1, -0.05) is 31.2 Å². The second kappa shape index (κ2) is 6.74. The molecule has 0 aliphatic heterocycles. The minimum absolute atomic E-state index is 0.0657. The Morgan fingerprint density at radius 3 is 2.66 bits per heavy atom. The van der Waals surface area contributed by atoms with Gasteiger partial charge in [0.1, 0.15) is 10.5 Å². The van der Waals surface area contributed by atoms with Gasteiger partial charge in [0.05, 0.1) is 22.2 Å². The van der Waals surface area contributed by atoms with Gasteiger partial charge in [0.2, 0.25) is 5.91 Å². The molecule has 6 nitrogen and oxygen atoms in total. The van der Waals surface area contributed by atoms with E-state index in [-0.39, 0.29) is 30.0 Å². The molecule has 154 valence electrons. The van der Waals surface area contributed by atoms with Crippen LogP contribution in [0.5, 0.6) is 0 Å². The van der Waals surface area contributed by atoms with Crippen LogP contribution < -0.4 is 5.32 Å². The molecule has 1 amide bonds. The lowest BCUT2D eigenvalue weighted by atomic mass is 10.00. The highest BCUT2D eigenvalue weighted by Crippen LogP contribution is 2.45. The zero-order valence-electron chi connectivity index (χ0n) is 16.3. The average Bonchev–Trinajstić information content (AvgIpc) is 3.32. The number of halogens is 1. The topological polar surface area (TPSA) is 88.4 Å². The summed E-state index contributed by atoms with van der Waals surface area (Å²) in [6, 6.07) is 8.96. The van der Waals surface area contributed by atoms with Crippen molar-refractivity contribution in [1.82, 2.24) is 9.29 Å². The molecule has 0 spiro atoms. The molecule has 0 bridgehead atoms. The highest BCUT2D eigenvalue weighted by atomic mass is 79.9. The number of benzene rings is 1. The van der Waals surface area contributed by atoms with Crippen LogP contribution in [0.3, 0.4) is 0 Å². The standard InChI is InChI=1S/C21H23BrN2O4S/c1-20(10-11-20)19(26)23-13-15-12-14-6-3-4-8-17(14)24(15)29(27,28)21(2)9-5-7-16(22)18(21)25/h3-8,12,25H,9-11,13H2,1-2H3,(H,23,26). The van der Waals surface area contributed by atoms with E-state index in [0.29, 0.717) is 15.7 Å². The van der Waals surface area contributed by atoms with E-state index < -0.39 is 14.8 Å². The number of aromatic nitrogens is 1. The highest BCUT2D eigenvalue weighted by molar-refractivity contribution is 9.11. The summed E-state index contributed by atoms with van der Waals surface area (Å²) in [4.78, 5) is 12.4. The molecule has 0 radical (unpaired) electrons. The van der Waals surface area contributed by atoms with Crippen molar-refractivity contribution in [2.24, 2.45) is 5.41 Å². The minimum atomic E-state index is -4.05. The van der Waals surface area contributed by atoms with Gasteiger partial charge in [0.15, 0.2) is 0 Å². The van der Waals surface area contributed by atoms with Crippen molar-refractivity contribution >= 4 is 42.8 Å². The Morgan fingerprint density at radius 1 is 1.28 bits per heavy atom. The quantitative estimate of drug-likeness (QED) is 0.676. The number of para-hydroxylation sites is 1. The van der Waals surface area contributed by atoms with Gasteiger partial charge in [-0.2, -0.15) is 0 Å². The van der Waals surface area contributed by atoms with Crippen LogP contribution in [0.1, 0.15) is 38.8 Å². The van der Waals surface area contributed by atoms with Crippen LogP contribution in [-0.2, 0) is 21.4 Å². The van der Waals surface area contributed by atoms with Gasteiger partial charge in [0.25, 0.3) is 10.0 Å². The van der Waals surface area contributed by atoms with Crippen molar-refractivity contribution in [2.75, 3.05) is 0 Å². The van der Waals surface area contributed by atoms with Crippen molar-refractivity contribution in [1.29, 1.82) is 0 Å². The summed E-state index contributed by atoms with van der Waals surface area (Å²) in [5, 5.41) is 14.3. The molecular formula is C21H23BrN2O4S. The maximum Gasteiger partial charge on any atom is 0.252 e. The van der Waals surface area contributed by atoms with E-state index in [1.807, 2.05) is 19.1 Å². The fourth-order valence-electron chi connectivity index (χ4n) is 3.64. The van der Waals surface area contributed by atoms with E-state index >= 15 is 0 Å². The lowest BCUT2D eigenvalue weighted by Gasteiger charge is -2.31. The second-order valence-corrected chi connectivity index (χ2v) is 11.3. The van der Waals surface area contributed by atoms with Crippen LogP contribution in [0.25, 0.3) is 10.9 Å². The Hall–Kier alpha value is -2.06. The van der Waals surface area contributed by atoms with Crippen LogP contribution >= 0.6 is 15.9 Å². The van der Waals surface area contributed by atoms with Gasteiger partial charge in [-0.15, -0.1) is 0 Å². The Labute approximate surface area is 178 Å². The van der Waals surface area contributed by atoms with Gasteiger partial charge in [0, 0.05) is 10.8 Å². The van der Waals surface area contributed by atoms with Gasteiger partial charge < -0.3 is 10.4 Å². The van der Waals surface area contributed by atoms with E-state index in [1.54, 1.807) is 30.4 Å². The van der Waals surface area contributed by atoms with Crippen LogP contribution in [0.15, 0.2) is 52.7 Å². The van der Waals surface area contributed by atoms with E-state index in [4.69, 9.17) is 0 Å². The summed E-state index contributed by atoms with van der Waals surface area (Å²) in [5.74, 6) is -0.290. The van der Waals surface area contributed by atoms with Crippen molar-refractivity contribution in [3.05, 3.63) is 58.4 Å². The summed E-state index contributed by atoms with van der Waals surface area (Å²) in [5.41, 5.74) is 0.638. The van der Waals surface area contributed by atoms with E-state index in [0.717, 1.165) is 18.2 Å². The van der Waals surface area contributed by atoms with Crippen LogP contribution in [0.2, 0.25) is 0 Å². The fraction of sp³-hybridized carbons (Fsp3) is 0.381. The monoisotopic (exact) mass is 478 g/mol. The number of nitrogens with one attached hydrogen (secondary N) is 1. The van der Waals surface area contributed by atoms with Crippen molar-refractivity contribution in [3.63, 3.8) is 0 Å². The molecule has 2 aliphatic carbocycles. The molecular weight excluding hydrogens is 456 g/mol. The predicted molar refractivity (Wildman–Crippen MR) is 116 cm³/mol. The van der Waals surface area contributed by atoms with Gasteiger partial charge in [-0.3, -0.25) is 4.79 Å². The highest BCUT2D eigenvalue weighted by Gasteiger charge is 2.48. The number of hydrogen-bond acceptors (Lipinski definition) is 4. The summed E-state index contributed by atoms with van der Waals surface area (Å²) >= 11 is 3.24. The number of hydrogen-bond donors (Lipinski definition) is 2. The molecule has 1 atom stereocenters. The summed E-state index contributed by atoms with van der Waals surface area (Å²) in [6.07, 6.45) is 5.21. The molecule has 2 aromatic rings. The van der Waals surface area contributed by atoms with Crippen molar-refractivity contribution in [2.45, 2.75) is 44.4 Å². The maximum atomic E-state index is 13.8. The fourth-order valence-corrected chi connectivity index (χ4v) is 6.31. The first-order valence-corrected chi connectivity index (χ1v) is 11.7. The zero-order chi connectivity index (χ0) is 21.0. The van der Waals surface area contributed by atoms with Crippen LogP contribution in [-0.4, -0.2) is 28.2 Å². The first kappa shape index (κ1) is 20.2. The van der Waals surface area contributed by atoms with Gasteiger partial charge >= 0.3 is 0 Å².